The molecule has 1 heterocycles. The topological polar surface area (TPSA) is 29.5 Å². The Morgan fingerprint density at radius 2 is 2.17 bits per heavy atom. The molecule has 0 amide bonds. The summed E-state index contributed by atoms with van der Waals surface area (Å²) in [6.07, 6.45) is 1.82. The van der Waals surface area contributed by atoms with Crippen molar-refractivity contribution >= 4 is 5.97 Å². The van der Waals surface area contributed by atoms with E-state index in [1.807, 2.05) is 13.0 Å². The Bertz CT molecular complexity index is 377. The molecule has 2 rings (SSSR count). The van der Waals surface area contributed by atoms with E-state index in [9.17, 15) is 4.79 Å². The Hall–Kier alpha value is -1.35. The van der Waals surface area contributed by atoms with E-state index in [4.69, 9.17) is 4.74 Å². The maximum absolute atomic E-state index is 11.8. The maximum Gasteiger partial charge on any atom is 0.310 e. The second-order valence-electron chi connectivity index (χ2n) is 4.87. The Morgan fingerprint density at radius 3 is 2.89 bits per heavy atom. The molecule has 1 aliphatic rings. The molecule has 1 fully saturated rings. The van der Waals surface area contributed by atoms with E-state index in [-0.39, 0.29) is 11.9 Å². The van der Waals surface area contributed by atoms with Gasteiger partial charge in [0.05, 0.1) is 12.5 Å². The van der Waals surface area contributed by atoms with Crippen molar-refractivity contribution < 1.29 is 9.53 Å². The fourth-order valence-electron chi connectivity index (χ4n) is 2.33. The lowest BCUT2D eigenvalue weighted by molar-refractivity contribution is -0.148. The summed E-state index contributed by atoms with van der Waals surface area (Å²) < 4.78 is 5.21. The zero-order chi connectivity index (χ0) is 12.8. The van der Waals surface area contributed by atoms with Crippen LogP contribution in [0.2, 0.25) is 0 Å². The molecule has 1 aliphatic heterocycles. The van der Waals surface area contributed by atoms with Crippen LogP contribution in [0.15, 0.2) is 30.3 Å². The third kappa shape index (κ3) is 3.57. The standard InChI is InChI=1S/C15H21NO2/c1-2-10-18-15(17)14-8-9-16(12-14)11-13-6-4-3-5-7-13/h3-7,14H,2,8-12H2,1H3. The van der Waals surface area contributed by atoms with Gasteiger partial charge in [-0.05, 0) is 24.9 Å². The zero-order valence-electron chi connectivity index (χ0n) is 11.0. The van der Waals surface area contributed by atoms with Crippen LogP contribution in [0.4, 0.5) is 0 Å². The largest absolute Gasteiger partial charge is 0.465 e. The fourth-order valence-corrected chi connectivity index (χ4v) is 2.33. The van der Waals surface area contributed by atoms with E-state index >= 15 is 0 Å². The summed E-state index contributed by atoms with van der Waals surface area (Å²) in [4.78, 5) is 14.1. The number of carbonyl (C=O) groups is 1. The van der Waals surface area contributed by atoms with Crippen molar-refractivity contribution in [2.45, 2.75) is 26.3 Å². The third-order valence-electron chi connectivity index (χ3n) is 3.30. The summed E-state index contributed by atoms with van der Waals surface area (Å²) >= 11 is 0. The summed E-state index contributed by atoms with van der Waals surface area (Å²) in [7, 11) is 0. The predicted molar refractivity (Wildman–Crippen MR) is 71.1 cm³/mol. The van der Waals surface area contributed by atoms with Crippen LogP contribution in [0, 0.1) is 5.92 Å². The summed E-state index contributed by atoms with van der Waals surface area (Å²) in [5, 5.41) is 0. The molecule has 3 heteroatoms. The molecule has 0 aliphatic carbocycles. The number of ether oxygens (including phenoxy) is 1. The van der Waals surface area contributed by atoms with E-state index in [2.05, 4.69) is 29.2 Å². The molecule has 0 saturated carbocycles. The average molecular weight is 247 g/mol. The normalized spacial score (nSPS) is 19.9. The minimum absolute atomic E-state index is 0.0209. The van der Waals surface area contributed by atoms with E-state index in [1.165, 1.54) is 5.56 Å². The highest BCUT2D eigenvalue weighted by Crippen LogP contribution is 2.19. The lowest BCUT2D eigenvalue weighted by Crippen LogP contribution is -2.24. The number of nitrogens with zero attached hydrogens (tertiary/aromatic N) is 1. The van der Waals surface area contributed by atoms with Gasteiger partial charge in [0.2, 0.25) is 0 Å². The van der Waals surface area contributed by atoms with Crippen LogP contribution in [0.5, 0.6) is 0 Å². The highest BCUT2D eigenvalue weighted by Gasteiger charge is 2.29. The Labute approximate surface area is 109 Å². The minimum atomic E-state index is -0.0209. The molecule has 1 saturated heterocycles. The highest BCUT2D eigenvalue weighted by atomic mass is 16.5. The van der Waals surface area contributed by atoms with Crippen LogP contribution < -0.4 is 0 Å². The SMILES string of the molecule is CCCOC(=O)C1CCN(Cc2ccccc2)C1. The van der Waals surface area contributed by atoms with Gasteiger partial charge in [-0.2, -0.15) is 0 Å². The van der Waals surface area contributed by atoms with Crippen molar-refractivity contribution in [3.05, 3.63) is 35.9 Å². The van der Waals surface area contributed by atoms with E-state index in [1.54, 1.807) is 0 Å². The summed E-state index contributed by atoms with van der Waals surface area (Å²) in [5.74, 6) is 0.0488. The smallest absolute Gasteiger partial charge is 0.310 e. The number of likely N-dealkylation sites (tertiary alicyclic amines) is 1. The molecule has 18 heavy (non-hydrogen) atoms. The average Bonchev–Trinajstić information content (AvgIpc) is 2.86. The molecule has 0 radical (unpaired) electrons. The first-order valence-corrected chi connectivity index (χ1v) is 6.72. The molecule has 0 N–H and O–H groups in total. The number of carbonyl (C=O) groups excluding carboxylic acids is 1. The maximum atomic E-state index is 11.8. The predicted octanol–water partition coefficient (Wildman–Crippen LogP) is 2.46. The van der Waals surface area contributed by atoms with Gasteiger partial charge in [0.15, 0.2) is 0 Å². The number of rotatable bonds is 5. The van der Waals surface area contributed by atoms with E-state index < -0.39 is 0 Å². The number of benzene rings is 1. The fraction of sp³-hybridized carbons (Fsp3) is 0.533. The monoisotopic (exact) mass is 247 g/mol. The van der Waals surface area contributed by atoms with E-state index in [0.717, 1.165) is 32.5 Å². The van der Waals surface area contributed by atoms with Crippen molar-refractivity contribution in [2.24, 2.45) is 5.92 Å². The molecule has 0 spiro atoms. The van der Waals surface area contributed by atoms with E-state index in [0.29, 0.717) is 6.61 Å². The van der Waals surface area contributed by atoms with Crippen LogP contribution >= 0.6 is 0 Å². The number of esters is 1. The molecule has 1 atom stereocenters. The lowest BCUT2D eigenvalue weighted by Gasteiger charge is -2.15. The highest BCUT2D eigenvalue weighted by molar-refractivity contribution is 5.73. The molecule has 1 aromatic carbocycles. The van der Waals surface area contributed by atoms with Gasteiger partial charge in [-0.25, -0.2) is 0 Å². The summed E-state index contributed by atoms with van der Waals surface area (Å²) in [6, 6.07) is 10.4. The van der Waals surface area contributed by atoms with Gasteiger partial charge in [0.25, 0.3) is 0 Å². The van der Waals surface area contributed by atoms with Gasteiger partial charge < -0.3 is 4.74 Å². The summed E-state index contributed by atoms with van der Waals surface area (Å²) in [6.45, 7) is 5.31. The molecule has 0 aromatic heterocycles. The van der Waals surface area contributed by atoms with Crippen molar-refractivity contribution in [3.63, 3.8) is 0 Å². The van der Waals surface area contributed by atoms with Crippen molar-refractivity contribution in [3.8, 4) is 0 Å². The molecule has 3 nitrogen and oxygen atoms in total. The minimum Gasteiger partial charge on any atom is -0.465 e. The van der Waals surface area contributed by atoms with Crippen LogP contribution in [0.1, 0.15) is 25.3 Å². The molecular formula is C15H21NO2. The lowest BCUT2D eigenvalue weighted by atomic mass is 10.1. The van der Waals surface area contributed by atoms with Gasteiger partial charge in [0, 0.05) is 13.1 Å². The third-order valence-corrected chi connectivity index (χ3v) is 3.30. The molecular weight excluding hydrogens is 226 g/mol. The van der Waals surface area contributed by atoms with Crippen LogP contribution in [0.25, 0.3) is 0 Å². The van der Waals surface area contributed by atoms with Crippen molar-refractivity contribution in [2.75, 3.05) is 19.7 Å². The first kappa shape index (κ1) is 13.1. The Balaban J connectivity index is 1.80. The van der Waals surface area contributed by atoms with Crippen molar-refractivity contribution in [1.29, 1.82) is 0 Å². The number of hydrogen-bond donors (Lipinski definition) is 0. The Kier molecular flexibility index (Phi) is 4.76. The molecule has 0 bridgehead atoms. The quantitative estimate of drug-likeness (QED) is 0.749. The second-order valence-corrected chi connectivity index (χ2v) is 4.87. The van der Waals surface area contributed by atoms with Crippen molar-refractivity contribution in [1.82, 2.24) is 4.90 Å². The first-order chi connectivity index (χ1) is 8.79. The first-order valence-electron chi connectivity index (χ1n) is 6.72. The van der Waals surface area contributed by atoms with Gasteiger partial charge >= 0.3 is 5.97 Å². The zero-order valence-corrected chi connectivity index (χ0v) is 11.0. The number of hydrogen-bond acceptors (Lipinski definition) is 3. The van der Waals surface area contributed by atoms with Crippen LogP contribution in [0.3, 0.4) is 0 Å². The summed E-state index contributed by atoms with van der Waals surface area (Å²) in [5.41, 5.74) is 1.31. The van der Waals surface area contributed by atoms with Crippen LogP contribution in [-0.2, 0) is 16.1 Å². The van der Waals surface area contributed by atoms with Gasteiger partial charge in [-0.3, -0.25) is 9.69 Å². The Morgan fingerprint density at radius 1 is 1.39 bits per heavy atom. The second kappa shape index (κ2) is 6.55. The molecule has 1 unspecified atom stereocenters. The van der Waals surface area contributed by atoms with Crippen LogP contribution in [-0.4, -0.2) is 30.6 Å². The van der Waals surface area contributed by atoms with Gasteiger partial charge in [-0.1, -0.05) is 37.3 Å². The molecule has 1 aromatic rings. The van der Waals surface area contributed by atoms with Gasteiger partial charge in [-0.15, -0.1) is 0 Å². The molecule has 98 valence electrons. The van der Waals surface area contributed by atoms with Gasteiger partial charge in [0.1, 0.15) is 0 Å².